The minimum Gasteiger partial charge on any atom is -0.495 e. The molecule has 9 heteroatoms. The molecule has 8 nitrogen and oxygen atoms in total. The number of carbonyl (C=O) groups is 3. The van der Waals surface area contributed by atoms with Crippen LogP contribution in [0.15, 0.2) is 48.5 Å². The second-order valence-corrected chi connectivity index (χ2v) is 8.43. The van der Waals surface area contributed by atoms with Gasteiger partial charge in [-0.3, -0.25) is 9.59 Å². The topological polar surface area (TPSA) is 120 Å². The molecule has 0 spiro atoms. The molecular weight excluding hydrogens is 446 g/mol. The van der Waals surface area contributed by atoms with Gasteiger partial charge < -0.3 is 25.8 Å². The molecule has 3 amide bonds. The lowest BCUT2D eigenvalue weighted by Gasteiger charge is -2.23. The van der Waals surface area contributed by atoms with Crippen LogP contribution in [0.2, 0.25) is 5.02 Å². The number of carbonyl (C=O) groups excluding carboxylic acids is 3. The Morgan fingerprint density at radius 3 is 2.27 bits per heavy atom. The Morgan fingerprint density at radius 2 is 1.70 bits per heavy atom. The largest absolute Gasteiger partial charge is 0.495 e. The molecular formula is C24H30ClN3O5. The van der Waals surface area contributed by atoms with E-state index in [0.717, 1.165) is 5.56 Å². The predicted octanol–water partition coefficient (Wildman–Crippen LogP) is 3.20. The third-order valence-corrected chi connectivity index (χ3v) is 5.14. The van der Waals surface area contributed by atoms with E-state index < -0.39 is 30.0 Å². The summed E-state index contributed by atoms with van der Waals surface area (Å²) < 4.78 is 10.4. The number of ether oxygens (including phenoxy) is 2. The van der Waals surface area contributed by atoms with E-state index in [2.05, 4.69) is 10.6 Å². The fourth-order valence-electron chi connectivity index (χ4n) is 3.18. The highest BCUT2D eigenvalue weighted by Gasteiger charge is 2.27. The van der Waals surface area contributed by atoms with E-state index in [1.54, 1.807) is 18.2 Å². The van der Waals surface area contributed by atoms with Crippen molar-refractivity contribution >= 4 is 29.5 Å². The molecule has 0 aromatic heterocycles. The lowest BCUT2D eigenvalue weighted by Crippen LogP contribution is -2.54. The molecule has 0 radical (unpaired) electrons. The molecule has 0 heterocycles. The van der Waals surface area contributed by atoms with E-state index in [4.69, 9.17) is 26.8 Å². The van der Waals surface area contributed by atoms with E-state index >= 15 is 0 Å². The molecule has 0 saturated carbocycles. The van der Waals surface area contributed by atoms with Gasteiger partial charge in [0, 0.05) is 6.42 Å². The number of primary amides is 1. The molecule has 2 aromatic carbocycles. The second-order valence-electron chi connectivity index (χ2n) is 8.02. The van der Waals surface area contributed by atoms with Crippen molar-refractivity contribution in [3.05, 3.63) is 64.7 Å². The SMILES string of the molecule is COc1ccc(C[C@@H](NC(=O)[C@H](CC(C)C)NC(=O)OCc2ccccc2)C(N)=O)cc1Cl. The fourth-order valence-corrected chi connectivity index (χ4v) is 3.46. The Morgan fingerprint density at radius 1 is 1.00 bits per heavy atom. The first-order chi connectivity index (χ1) is 15.7. The maximum atomic E-state index is 12.9. The Labute approximate surface area is 198 Å². The summed E-state index contributed by atoms with van der Waals surface area (Å²) in [4.78, 5) is 37.2. The second kappa shape index (κ2) is 12.7. The van der Waals surface area contributed by atoms with Gasteiger partial charge in [-0.1, -0.05) is 61.8 Å². The standard InChI is InChI=1S/C24H30ClN3O5/c1-15(2)11-20(28-24(31)33-14-16-7-5-4-6-8-16)23(30)27-19(22(26)29)13-17-9-10-21(32-3)18(25)12-17/h4-10,12,15,19-20H,11,13-14H2,1-3H3,(H2,26,29)(H,27,30)(H,28,31)/t19-,20+/m1/s1. The van der Waals surface area contributed by atoms with Crippen LogP contribution in [-0.4, -0.2) is 37.1 Å². The number of rotatable bonds is 11. The van der Waals surface area contributed by atoms with Gasteiger partial charge in [0.05, 0.1) is 12.1 Å². The molecule has 0 bridgehead atoms. The van der Waals surface area contributed by atoms with Crippen LogP contribution in [0.3, 0.4) is 0 Å². The molecule has 0 unspecified atom stereocenters. The molecule has 4 N–H and O–H groups in total. The van der Waals surface area contributed by atoms with Gasteiger partial charge in [0.1, 0.15) is 24.4 Å². The van der Waals surface area contributed by atoms with Crippen molar-refractivity contribution in [3.8, 4) is 5.75 Å². The lowest BCUT2D eigenvalue weighted by atomic mass is 10.0. The van der Waals surface area contributed by atoms with Crippen LogP contribution in [0.5, 0.6) is 5.75 Å². The first-order valence-corrected chi connectivity index (χ1v) is 11.0. The van der Waals surface area contributed by atoms with Crippen LogP contribution < -0.4 is 21.1 Å². The minimum absolute atomic E-state index is 0.0742. The Balaban J connectivity index is 2.03. The monoisotopic (exact) mass is 475 g/mol. The van der Waals surface area contributed by atoms with Crippen LogP contribution in [-0.2, 0) is 27.4 Å². The first-order valence-electron chi connectivity index (χ1n) is 10.6. The lowest BCUT2D eigenvalue weighted by molar-refractivity contribution is -0.128. The summed E-state index contributed by atoms with van der Waals surface area (Å²) >= 11 is 6.15. The quantitative estimate of drug-likeness (QED) is 0.461. The highest BCUT2D eigenvalue weighted by molar-refractivity contribution is 6.32. The van der Waals surface area contributed by atoms with E-state index in [9.17, 15) is 14.4 Å². The van der Waals surface area contributed by atoms with Crippen molar-refractivity contribution in [1.29, 1.82) is 0 Å². The molecule has 2 rings (SSSR count). The normalized spacial score (nSPS) is 12.5. The smallest absolute Gasteiger partial charge is 0.408 e. The highest BCUT2D eigenvalue weighted by atomic mass is 35.5. The zero-order valence-electron chi connectivity index (χ0n) is 19.0. The molecule has 0 aliphatic heterocycles. The van der Waals surface area contributed by atoms with Crippen molar-refractivity contribution in [2.45, 2.75) is 45.4 Å². The van der Waals surface area contributed by atoms with E-state index in [-0.39, 0.29) is 18.9 Å². The van der Waals surface area contributed by atoms with Gasteiger partial charge in [0.15, 0.2) is 0 Å². The molecule has 2 atom stereocenters. The summed E-state index contributed by atoms with van der Waals surface area (Å²) in [6.45, 7) is 3.91. The summed E-state index contributed by atoms with van der Waals surface area (Å²) in [7, 11) is 1.50. The summed E-state index contributed by atoms with van der Waals surface area (Å²) in [6.07, 6.45) is -0.235. The Hall–Kier alpha value is -3.26. The zero-order valence-corrected chi connectivity index (χ0v) is 19.7. The third kappa shape index (κ3) is 8.65. The minimum atomic E-state index is -0.987. The van der Waals surface area contributed by atoms with Gasteiger partial charge in [-0.25, -0.2) is 4.79 Å². The maximum absolute atomic E-state index is 12.9. The van der Waals surface area contributed by atoms with E-state index in [0.29, 0.717) is 22.8 Å². The number of nitrogens with one attached hydrogen (secondary N) is 2. The molecule has 178 valence electrons. The average molecular weight is 476 g/mol. The summed E-state index contributed by atoms with van der Waals surface area (Å²) in [5, 5.41) is 5.61. The first kappa shape index (κ1) is 26.0. The number of hydrogen-bond acceptors (Lipinski definition) is 5. The number of nitrogens with two attached hydrogens (primary N) is 1. The van der Waals surface area contributed by atoms with Crippen LogP contribution in [0.1, 0.15) is 31.4 Å². The zero-order chi connectivity index (χ0) is 24.4. The van der Waals surface area contributed by atoms with Crippen LogP contribution >= 0.6 is 11.6 Å². The van der Waals surface area contributed by atoms with Crippen molar-refractivity contribution < 1.29 is 23.9 Å². The average Bonchev–Trinajstić information content (AvgIpc) is 2.77. The summed E-state index contributed by atoms with van der Waals surface area (Å²) in [5.74, 6) is -0.633. The fraction of sp³-hybridized carbons (Fsp3) is 0.375. The highest BCUT2D eigenvalue weighted by Crippen LogP contribution is 2.25. The Bertz CT molecular complexity index is 952. The Kier molecular flexibility index (Phi) is 10.00. The summed E-state index contributed by atoms with van der Waals surface area (Å²) in [6, 6.07) is 12.4. The third-order valence-electron chi connectivity index (χ3n) is 4.84. The van der Waals surface area contributed by atoms with Gasteiger partial charge in [-0.05, 0) is 35.6 Å². The van der Waals surface area contributed by atoms with E-state index in [1.165, 1.54) is 7.11 Å². The van der Waals surface area contributed by atoms with Gasteiger partial charge in [-0.2, -0.15) is 0 Å². The number of methoxy groups -OCH3 is 1. The summed E-state index contributed by atoms with van der Waals surface area (Å²) in [5.41, 5.74) is 7.04. The molecule has 0 saturated heterocycles. The van der Waals surface area contributed by atoms with Gasteiger partial charge in [0.25, 0.3) is 0 Å². The van der Waals surface area contributed by atoms with Crippen LogP contribution in [0, 0.1) is 5.92 Å². The van der Waals surface area contributed by atoms with Crippen molar-refractivity contribution in [2.75, 3.05) is 7.11 Å². The van der Waals surface area contributed by atoms with Gasteiger partial charge in [0.2, 0.25) is 11.8 Å². The number of hydrogen-bond donors (Lipinski definition) is 3. The number of alkyl carbamates (subject to hydrolysis) is 1. The van der Waals surface area contributed by atoms with Crippen molar-refractivity contribution in [2.24, 2.45) is 11.7 Å². The molecule has 33 heavy (non-hydrogen) atoms. The van der Waals surface area contributed by atoms with Crippen LogP contribution in [0.25, 0.3) is 0 Å². The van der Waals surface area contributed by atoms with E-state index in [1.807, 2.05) is 44.2 Å². The van der Waals surface area contributed by atoms with Gasteiger partial charge in [-0.15, -0.1) is 0 Å². The van der Waals surface area contributed by atoms with Crippen molar-refractivity contribution in [1.82, 2.24) is 10.6 Å². The molecule has 0 aliphatic rings. The number of amides is 3. The van der Waals surface area contributed by atoms with Crippen LogP contribution in [0.4, 0.5) is 4.79 Å². The van der Waals surface area contributed by atoms with Gasteiger partial charge >= 0.3 is 6.09 Å². The molecule has 2 aromatic rings. The number of benzene rings is 2. The molecule has 0 fully saturated rings. The number of halogens is 1. The molecule has 0 aliphatic carbocycles. The predicted molar refractivity (Wildman–Crippen MR) is 126 cm³/mol. The maximum Gasteiger partial charge on any atom is 0.408 e. The van der Waals surface area contributed by atoms with Crippen molar-refractivity contribution in [3.63, 3.8) is 0 Å².